The second kappa shape index (κ2) is 37.7. The molecule has 6 aliphatic heterocycles. The normalized spacial score (nSPS) is 20.8. The van der Waals surface area contributed by atoms with Crippen LogP contribution in [-0.2, 0) is 19.2 Å². The number of nitrogens with zero attached hydrogens (tertiary/aromatic N) is 12. The van der Waals surface area contributed by atoms with Crippen molar-refractivity contribution in [3.8, 4) is 0 Å². The maximum absolute atomic E-state index is 13.6. The molecule has 6 aromatic rings. The predicted octanol–water partition coefficient (Wildman–Crippen LogP) is 14.8. The summed E-state index contributed by atoms with van der Waals surface area (Å²) in [6, 6.07) is 39.2. The Bertz CT molecular complexity index is 3810. The summed E-state index contributed by atoms with van der Waals surface area (Å²) in [5, 5.41) is 2.48. The standard InChI is InChI=1S/C29H38Cl2N4O2.2C28H38ClN5O2/c1-20(36)33-13-10-21(11-14-33)17-27(37)35-16-15-34(19-26(35)29(2,3)4)28(25-7-5-6-12-32-25)22-8-9-23(30)24(31)18-22;2*1-28(2,3)24-19-33(26(23-6-4-5-13-31-23)21-7-9-22(29)10-8-21)16-17-34(24)25(35)18-20-11-14-32(15-12-20)27(30)36/h5-9,12,18,21,26,28H,10-11,13-17,19H2,1-4H3;2*4-10,13,20,24,26H,11-12,14-19H2,1-3H3,(H2,30,36)/t26-,28?;2*24-,26?/m111/s1. The van der Waals surface area contributed by atoms with Gasteiger partial charge in [-0.15, -0.1) is 0 Å². The molecule has 6 saturated heterocycles. The Morgan fingerprint density at radius 2 is 0.679 bits per heavy atom. The van der Waals surface area contributed by atoms with Gasteiger partial charge in [-0.25, -0.2) is 9.59 Å². The van der Waals surface area contributed by atoms with Gasteiger partial charge in [0.25, 0.3) is 0 Å². The zero-order valence-corrected chi connectivity index (χ0v) is 68.5. The van der Waals surface area contributed by atoms with Crippen molar-refractivity contribution in [2.45, 2.75) is 163 Å². The molecule has 0 radical (unpaired) electrons. The van der Waals surface area contributed by atoms with E-state index in [1.54, 1.807) is 16.7 Å². The van der Waals surface area contributed by atoms with Gasteiger partial charge in [-0.2, -0.15) is 0 Å². The van der Waals surface area contributed by atoms with E-state index in [4.69, 9.17) is 72.8 Å². The van der Waals surface area contributed by atoms with Crippen LogP contribution in [0.5, 0.6) is 0 Å². The van der Waals surface area contributed by atoms with Crippen LogP contribution >= 0.6 is 46.4 Å². The van der Waals surface area contributed by atoms with Crippen molar-refractivity contribution >= 4 is 82.1 Å². The minimum absolute atomic E-state index is 0.0105. The molecule has 6 fully saturated rings. The van der Waals surface area contributed by atoms with Gasteiger partial charge < -0.3 is 40.9 Å². The van der Waals surface area contributed by atoms with Gasteiger partial charge in [0, 0.05) is 171 Å². The molecular formula is C85H114Cl4N14O6. The molecule has 6 aliphatic rings. The van der Waals surface area contributed by atoms with Crippen molar-refractivity contribution in [2.24, 2.45) is 45.5 Å². The molecule has 8 amide bonds. The van der Waals surface area contributed by atoms with Gasteiger partial charge in [-0.3, -0.25) is 48.8 Å². The topological polar surface area (TPSA) is 222 Å². The van der Waals surface area contributed by atoms with Crippen LogP contribution < -0.4 is 11.5 Å². The van der Waals surface area contributed by atoms with E-state index < -0.39 is 0 Å². The lowest BCUT2D eigenvalue weighted by Gasteiger charge is -2.49. The van der Waals surface area contributed by atoms with Crippen molar-refractivity contribution < 1.29 is 28.8 Å². The first-order chi connectivity index (χ1) is 51.8. The molecule has 588 valence electrons. The average molecular weight is 1570 g/mol. The number of rotatable bonds is 15. The summed E-state index contributed by atoms with van der Waals surface area (Å²) in [5.41, 5.74) is 16.8. The number of carbonyl (C=O) groups is 6. The molecule has 6 atom stereocenters. The number of amides is 8. The number of piperidine rings is 3. The highest BCUT2D eigenvalue weighted by molar-refractivity contribution is 6.42. The highest BCUT2D eigenvalue weighted by Crippen LogP contribution is 2.41. The molecule has 109 heavy (non-hydrogen) atoms. The van der Waals surface area contributed by atoms with Gasteiger partial charge in [0.1, 0.15) is 0 Å². The molecule has 9 heterocycles. The molecule has 24 heteroatoms. The minimum atomic E-state index is -0.369. The summed E-state index contributed by atoms with van der Waals surface area (Å²) in [5.74, 6) is 1.70. The van der Waals surface area contributed by atoms with Gasteiger partial charge in [0.15, 0.2) is 0 Å². The smallest absolute Gasteiger partial charge is 0.314 e. The lowest BCUT2D eigenvalue weighted by molar-refractivity contribution is -0.142. The van der Waals surface area contributed by atoms with Gasteiger partial charge in [0.2, 0.25) is 23.6 Å². The molecular weight excluding hydrogens is 1450 g/mol. The average Bonchev–Trinajstić information content (AvgIpc) is 0.782. The van der Waals surface area contributed by atoms with E-state index in [0.29, 0.717) is 103 Å². The largest absolute Gasteiger partial charge is 0.351 e. The van der Waals surface area contributed by atoms with E-state index in [0.717, 1.165) is 125 Å². The number of hydrogen-bond acceptors (Lipinski definition) is 12. The van der Waals surface area contributed by atoms with Crippen molar-refractivity contribution in [2.75, 3.05) is 98.2 Å². The molecule has 0 bridgehead atoms. The molecule has 0 aliphatic carbocycles. The van der Waals surface area contributed by atoms with E-state index in [1.807, 2.05) is 108 Å². The summed E-state index contributed by atoms with van der Waals surface area (Å²) < 4.78 is 0. The lowest BCUT2D eigenvalue weighted by Crippen LogP contribution is -2.60. The number of benzene rings is 3. The zero-order chi connectivity index (χ0) is 78.5. The fourth-order valence-corrected chi connectivity index (χ4v) is 17.3. The summed E-state index contributed by atoms with van der Waals surface area (Å²) in [4.78, 5) is 108. The van der Waals surface area contributed by atoms with Crippen LogP contribution in [0.1, 0.15) is 179 Å². The summed E-state index contributed by atoms with van der Waals surface area (Å²) >= 11 is 25.0. The lowest BCUT2D eigenvalue weighted by atomic mass is 9.82. The van der Waals surface area contributed by atoms with Crippen molar-refractivity contribution in [1.29, 1.82) is 0 Å². The number of likely N-dealkylation sites (tertiary alicyclic amines) is 3. The van der Waals surface area contributed by atoms with Crippen molar-refractivity contribution in [3.63, 3.8) is 0 Å². The molecule has 20 nitrogen and oxygen atoms in total. The van der Waals surface area contributed by atoms with Crippen LogP contribution in [0.4, 0.5) is 9.59 Å². The molecule has 3 aromatic heterocycles. The van der Waals surface area contributed by atoms with E-state index in [1.165, 1.54) is 0 Å². The first-order valence-electron chi connectivity index (χ1n) is 38.9. The number of aromatic nitrogens is 3. The number of primary amides is 2. The van der Waals surface area contributed by atoms with Crippen LogP contribution in [0.3, 0.4) is 0 Å². The third kappa shape index (κ3) is 22.5. The Morgan fingerprint density at radius 1 is 0.385 bits per heavy atom. The molecule has 12 rings (SSSR count). The number of halogens is 4. The van der Waals surface area contributed by atoms with Gasteiger partial charge in [-0.1, -0.05) is 157 Å². The molecule has 3 aromatic carbocycles. The van der Waals surface area contributed by atoms with Crippen LogP contribution in [0, 0.1) is 34.0 Å². The molecule has 3 unspecified atom stereocenters. The number of carbonyl (C=O) groups excluding carboxylic acids is 6. The van der Waals surface area contributed by atoms with E-state index in [2.05, 4.69) is 128 Å². The fourth-order valence-electron chi connectivity index (χ4n) is 16.8. The Kier molecular flexibility index (Phi) is 29.1. The Labute approximate surface area is 666 Å². The second-order valence-corrected chi connectivity index (χ2v) is 35.4. The number of pyridine rings is 3. The number of urea groups is 2. The summed E-state index contributed by atoms with van der Waals surface area (Å²) in [6.45, 7) is 32.1. The van der Waals surface area contributed by atoms with E-state index in [-0.39, 0.29) is 88.2 Å². The van der Waals surface area contributed by atoms with E-state index >= 15 is 0 Å². The van der Waals surface area contributed by atoms with Crippen LogP contribution in [-0.4, -0.2) is 211 Å². The van der Waals surface area contributed by atoms with Crippen LogP contribution in [0.25, 0.3) is 0 Å². The Hall–Kier alpha value is -7.43. The number of hydrogen-bond donors (Lipinski definition) is 2. The third-order valence-corrected chi connectivity index (χ3v) is 24.4. The van der Waals surface area contributed by atoms with Crippen LogP contribution in [0.15, 0.2) is 140 Å². The summed E-state index contributed by atoms with van der Waals surface area (Å²) in [6.07, 6.45) is 12.2. The van der Waals surface area contributed by atoms with Crippen molar-refractivity contribution in [1.82, 2.24) is 59.1 Å². The quantitative estimate of drug-likeness (QED) is 0.0980. The third-order valence-electron chi connectivity index (χ3n) is 23.1. The molecule has 0 saturated carbocycles. The monoisotopic (exact) mass is 1570 g/mol. The highest BCUT2D eigenvalue weighted by Gasteiger charge is 2.45. The SMILES string of the molecule is CC(=O)N1CCC(CC(=O)N2CCN(C(c3ccc(Cl)c(Cl)c3)c3ccccn3)C[C@@H]2C(C)(C)C)CC1.CC(C)(C)[C@H]1CN(C(c2ccc(Cl)cc2)c2ccccn2)CCN1C(=O)CC1CCN(C(N)=O)CC1.CC(C)(C)[C@H]1CN(C(c2ccc(Cl)cc2)c2ccccn2)CCN1C(=O)CC1CCN(C(N)=O)CC1. The van der Waals surface area contributed by atoms with Gasteiger partial charge >= 0.3 is 12.1 Å². The first-order valence-corrected chi connectivity index (χ1v) is 40.5. The molecule has 0 spiro atoms. The zero-order valence-electron chi connectivity index (χ0n) is 65.4. The van der Waals surface area contributed by atoms with E-state index in [9.17, 15) is 28.8 Å². The molecule has 4 N–H and O–H groups in total. The van der Waals surface area contributed by atoms with Gasteiger partial charge in [0.05, 0.1) is 45.3 Å². The first kappa shape index (κ1) is 84.0. The Balaban J connectivity index is 0.000000174. The predicted molar refractivity (Wildman–Crippen MR) is 434 cm³/mol. The van der Waals surface area contributed by atoms with Crippen molar-refractivity contribution in [3.05, 3.63) is 194 Å². The minimum Gasteiger partial charge on any atom is -0.351 e. The fraction of sp³-hybridized carbons (Fsp3) is 0.541. The maximum Gasteiger partial charge on any atom is 0.314 e. The summed E-state index contributed by atoms with van der Waals surface area (Å²) in [7, 11) is 0. The Morgan fingerprint density at radius 3 is 0.945 bits per heavy atom. The van der Waals surface area contributed by atoms with Gasteiger partial charge in [-0.05, 0) is 162 Å². The maximum atomic E-state index is 13.6. The second-order valence-electron chi connectivity index (χ2n) is 33.7. The number of nitrogens with two attached hydrogens (primary N) is 2. The highest BCUT2D eigenvalue weighted by atomic mass is 35.5. The number of piperazine rings is 3. The van der Waals surface area contributed by atoms with Crippen LogP contribution in [0.2, 0.25) is 20.1 Å².